The monoisotopic (exact) mass is 715 g/mol. The van der Waals surface area contributed by atoms with Crippen LogP contribution in [0.25, 0.3) is 71.8 Å². The Labute approximate surface area is 328 Å². The van der Waals surface area contributed by atoms with Crippen molar-refractivity contribution in [3.05, 3.63) is 204 Å². The van der Waals surface area contributed by atoms with Crippen LogP contribution in [0.3, 0.4) is 0 Å². The minimum Gasteiger partial charge on any atom is -0.310 e. The maximum atomic E-state index is 2.48. The largest absolute Gasteiger partial charge is 0.310 e. The van der Waals surface area contributed by atoms with E-state index < -0.39 is 0 Å². The molecule has 56 heavy (non-hydrogen) atoms. The lowest BCUT2D eigenvalue weighted by Gasteiger charge is -2.29. The summed E-state index contributed by atoms with van der Waals surface area (Å²) < 4.78 is 0. The third-order valence-electron chi connectivity index (χ3n) is 12.5. The summed E-state index contributed by atoms with van der Waals surface area (Å²) in [5.74, 6) is 0. The zero-order valence-electron chi connectivity index (χ0n) is 31.8. The Bertz CT molecular complexity index is 3040. The van der Waals surface area contributed by atoms with Crippen molar-refractivity contribution in [3.63, 3.8) is 0 Å². The average Bonchev–Trinajstić information content (AvgIpc) is 3.48. The second kappa shape index (κ2) is 12.7. The molecule has 9 aromatic carbocycles. The van der Waals surface area contributed by atoms with E-state index in [4.69, 9.17) is 0 Å². The fourth-order valence-corrected chi connectivity index (χ4v) is 9.79. The molecule has 0 fully saturated rings. The van der Waals surface area contributed by atoms with E-state index in [-0.39, 0.29) is 5.41 Å². The van der Waals surface area contributed by atoms with Crippen molar-refractivity contribution in [3.8, 4) is 33.4 Å². The minimum atomic E-state index is -0.200. The molecule has 0 aliphatic heterocycles. The van der Waals surface area contributed by atoms with Gasteiger partial charge in [0, 0.05) is 22.2 Å². The number of hydrogen-bond donors (Lipinski definition) is 0. The van der Waals surface area contributed by atoms with Crippen LogP contribution >= 0.6 is 0 Å². The van der Waals surface area contributed by atoms with E-state index in [1.807, 2.05) is 0 Å². The summed E-state index contributed by atoms with van der Waals surface area (Å²) in [5, 5.41) is 7.76. The topological polar surface area (TPSA) is 3.24 Å². The molecule has 0 N–H and O–H groups in total. The third kappa shape index (κ3) is 5.01. The second-order valence-electron chi connectivity index (χ2n) is 16.0. The average molecular weight is 716 g/mol. The van der Waals surface area contributed by atoms with E-state index in [1.165, 1.54) is 99.3 Å². The molecule has 2 aliphatic rings. The van der Waals surface area contributed by atoms with Crippen molar-refractivity contribution < 1.29 is 0 Å². The summed E-state index contributed by atoms with van der Waals surface area (Å²) in [7, 11) is 0. The minimum absolute atomic E-state index is 0.200. The van der Waals surface area contributed by atoms with E-state index in [0.717, 1.165) is 18.5 Å². The Morgan fingerprint density at radius 3 is 1.95 bits per heavy atom. The molecule has 0 bridgehead atoms. The van der Waals surface area contributed by atoms with Gasteiger partial charge in [-0.3, -0.25) is 0 Å². The van der Waals surface area contributed by atoms with Crippen molar-refractivity contribution in [1.29, 1.82) is 0 Å². The van der Waals surface area contributed by atoms with E-state index in [9.17, 15) is 0 Å². The molecule has 0 saturated heterocycles. The number of para-hydroxylation sites is 1. The predicted octanol–water partition coefficient (Wildman–Crippen LogP) is 15.2. The number of anilines is 3. The van der Waals surface area contributed by atoms with E-state index in [1.54, 1.807) is 0 Å². The highest BCUT2D eigenvalue weighted by molar-refractivity contribution is 6.18. The van der Waals surface area contributed by atoms with Crippen molar-refractivity contribution in [1.82, 2.24) is 0 Å². The summed E-state index contributed by atoms with van der Waals surface area (Å²) in [4.78, 5) is 2.42. The number of rotatable bonds is 5. The van der Waals surface area contributed by atoms with E-state index in [2.05, 4.69) is 207 Å². The zero-order chi connectivity index (χ0) is 37.4. The van der Waals surface area contributed by atoms with Crippen LogP contribution in [0.5, 0.6) is 0 Å². The molecule has 0 aromatic heterocycles. The number of allylic oxidation sites excluding steroid dienone is 1. The lowest BCUT2D eigenvalue weighted by molar-refractivity contribution is 0.660. The molecule has 1 nitrogen and oxygen atoms in total. The summed E-state index contributed by atoms with van der Waals surface area (Å²) in [5.41, 5.74) is 16.7. The number of fused-ring (bicyclic) bond motifs is 9. The predicted molar refractivity (Wildman–Crippen MR) is 239 cm³/mol. The Kier molecular flexibility index (Phi) is 7.41. The first-order valence-electron chi connectivity index (χ1n) is 19.9. The lowest BCUT2D eigenvalue weighted by Crippen LogP contribution is -2.16. The summed E-state index contributed by atoms with van der Waals surface area (Å²) >= 11 is 0. The Hall–Kier alpha value is -6.70. The van der Waals surface area contributed by atoms with Crippen LogP contribution in [0.15, 0.2) is 182 Å². The van der Waals surface area contributed by atoms with Crippen molar-refractivity contribution in [2.24, 2.45) is 0 Å². The molecule has 9 aromatic rings. The molecular formula is C55H41N. The van der Waals surface area contributed by atoms with E-state index >= 15 is 0 Å². The van der Waals surface area contributed by atoms with Crippen LogP contribution in [-0.2, 0) is 11.8 Å². The first-order valence-corrected chi connectivity index (χ1v) is 19.9. The molecular weight excluding hydrogens is 675 g/mol. The van der Waals surface area contributed by atoms with Gasteiger partial charge >= 0.3 is 0 Å². The second-order valence-corrected chi connectivity index (χ2v) is 16.0. The summed E-state index contributed by atoms with van der Waals surface area (Å²) in [6, 6.07) is 65.3. The first-order chi connectivity index (χ1) is 27.5. The van der Waals surface area contributed by atoms with Crippen LogP contribution in [0.1, 0.15) is 42.5 Å². The van der Waals surface area contributed by atoms with E-state index in [0.29, 0.717) is 0 Å². The molecule has 1 heteroatoms. The zero-order valence-corrected chi connectivity index (χ0v) is 31.8. The molecule has 0 saturated carbocycles. The van der Waals surface area contributed by atoms with Gasteiger partial charge in [-0.1, -0.05) is 153 Å². The van der Waals surface area contributed by atoms with Crippen molar-refractivity contribution in [2.45, 2.75) is 32.1 Å². The number of benzene rings is 9. The Morgan fingerprint density at radius 1 is 0.464 bits per heavy atom. The third-order valence-corrected chi connectivity index (χ3v) is 12.5. The molecule has 0 radical (unpaired) electrons. The molecule has 0 spiro atoms. The normalized spacial score (nSPS) is 13.8. The van der Waals surface area contributed by atoms with Crippen LogP contribution in [0.2, 0.25) is 0 Å². The number of nitrogens with zero attached hydrogens (tertiary/aromatic N) is 1. The summed E-state index contributed by atoms with van der Waals surface area (Å²) in [6.07, 6.45) is 6.88. The van der Waals surface area contributed by atoms with Gasteiger partial charge < -0.3 is 4.90 Å². The molecule has 0 amide bonds. The maximum absolute atomic E-state index is 2.48. The fourth-order valence-electron chi connectivity index (χ4n) is 9.79. The quantitative estimate of drug-likeness (QED) is 0.160. The molecule has 0 heterocycles. The molecule has 266 valence electrons. The maximum Gasteiger partial charge on any atom is 0.0540 e. The van der Waals surface area contributed by atoms with Gasteiger partial charge in [0.15, 0.2) is 0 Å². The number of hydrogen-bond acceptors (Lipinski definition) is 1. The molecule has 0 unspecified atom stereocenters. The lowest BCUT2D eigenvalue weighted by atomic mass is 9.80. The molecule has 2 aliphatic carbocycles. The van der Waals surface area contributed by atoms with Crippen molar-refractivity contribution in [2.75, 3.05) is 4.90 Å². The Balaban J connectivity index is 1.07. The van der Waals surface area contributed by atoms with Crippen LogP contribution in [0, 0.1) is 0 Å². The van der Waals surface area contributed by atoms with Crippen LogP contribution in [0.4, 0.5) is 17.1 Å². The van der Waals surface area contributed by atoms with Gasteiger partial charge in [-0.2, -0.15) is 0 Å². The fraction of sp³-hybridized carbons (Fsp3) is 0.0909. The van der Waals surface area contributed by atoms with Gasteiger partial charge in [-0.25, -0.2) is 0 Å². The SMILES string of the molecule is CC1(C)c2cc(-c3cc4cc(-c5ccccc5)c5c(c4c4ccccc34)C=CCC5)ccc2-c2ccc(N(c3ccccc3)c3cccc4ccccc34)cc21. The molecule has 0 atom stereocenters. The Morgan fingerprint density at radius 2 is 1.12 bits per heavy atom. The van der Waals surface area contributed by atoms with Gasteiger partial charge in [0.25, 0.3) is 0 Å². The summed E-state index contributed by atoms with van der Waals surface area (Å²) in [6.45, 7) is 4.80. The van der Waals surface area contributed by atoms with Crippen LogP contribution < -0.4 is 4.90 Å². The standard InChI is InChI=1S/C55H41N/c1-55(2)51-34-38(50-33-39-32-49(37-16-5-3-6-17-37)43-23-11-13-25-47(43)54(39)48-26-14-12-24-44(48)50)28-30-45(51)46-31-29-41(35-52(46)55)56(40-20-7-4-8-21-40)53-27-15-19-36-18-9-10-22-42(36)53/h3-10,12-22,24-35H,11,23H2,1-2H3. The molecule has 11 rings (SSSR count). The highest BCUT2D eigenvalue weighted by atomic mass is 15.1. The first kappa shape index (κ1) is 32.7. The van der Waals surface area contributed by atoms with Crippen LogP contribution in [-0.4, -0.2) is 0 Å². The highest BCUT2D eigenvalue weighted by Gasteiger charge is 2.36. The van der Waals surface area contributed by atoms with Gasteiger partial charge in [-0.15, -0.1) is 0 Å². The van der Waals surface area contributed by atoms with Crippen molar-refractivity contribution >= 4 is 55.5 Å². The van der Waals surface area contributed by atoms with Gasteiger partial charge in [0.1, 0.15) is 0 Å². The van der Waals surface area contributed by atoms with Gasteiger partial charge in [-0.05, 0) is 144 Å². The van der Waals surface area contributed by atoms with Gasteiger partial charge in [0.2, 0.25) is 0 Å². The smallest absolute Gasteiger partial charge is 0.0540 e. The van der Waals surface area contributed by atoms with Gasteiger partial charge in [0.05, 0.1) is 5.69 Å². The highest BCUT2D eigenvalue weighted by Crippen LogP contribution is 2.53.